The third kappa shape index (κ3) is 3.05. The maximum Gasteiger partial charge on any atom is 0.120 e. The summed E-state index contributed by atoms with van der Waals surface area (Å²) in [6, 6.07) is 6.68. The molecule has 1 unspecified atom stereocenters. The van der Waals surface area contributed by atoms with Crippen molar-refractivity contribution in [3.05, 3.63) is 29.3 Å². The molecular weight excluding hydrogens is 222 g/mol. The maximum absolute atomic E-state index is 10.00. The molecule has 0 radical (unpaired) electrons. The van der Waals surface area contributed by atoms with E-state index >= 15 is 0 Å². The first-order valence-corrected chi connectivity index (χ1v) is 7.13. The number of phenols is 1. The third-order valence-electron chi connectivity index (χ3n) is 4.27. The number of hydrogen-bond donors (Lipinski definition) is 2. The zero-order chi connectivity index (χ0) is 13.1. The van der Waals surface area contributed by atoms with Crippen LogP contribution in [0.4, 0.5) is 0 Å². The van der Waals surface area contributed by atoms with Gasteiger partial charge in [-0.2, -0.15) is 0 Å². The zero-order valence-corrected chi connectivity index (χ0v) is 11.7. The highest BCUT2D eigenvalue weighted by atomic mass is 16.3. The van der Waals surface area contributed by atoms with Crippen LogP contribution in [0, 0.1) is 12.8 Å². The van der Waals surface area contributed by atoms with E-state index in [1.807, 2.05) is 19.1 Å². The average Bonchev–Trinajstić information content (AvgIpc) is 2.81. The van der Waals surface area contributed by atoms with E-state index in [0.717, 1.165) is 17.0 Å². The lowest BCUT2D eigenvalue weighted by molar-refractivity contribution is 0.347. The van der Waals surface area contributed by atoms with Gasteiger partial charge in [-0.05, 0) is 51.2 Å². The Hall–Kier alpha value is -1.02. The zero-order valence-electron chi connectivity index (χ0n) is 11.7. The summed E-state index contributed by atoms with van der Waals surface area (Å²) in [5, 5.41) is 13.6. The molecule has 0 amide bonds. The van der Waals surface area contributed by atoms with Gasteiger partial charge in [-0.25, -0.2) is 0 Å². The van der Waals surface area contributed by atoms with E-state index in [1.165, 1.54) is 25.7 Å². The first kappa shape index (κ1) is 13.4. The van der Waals surface area contributed by atoms with Crippen LogP contribution in [0.1, 0.15) is 56.7 Å². The van der Waals surface area contributed by atoms with Crippen molar-refractivity contribution in [1.82, 2.24) is 5.32 Å². The molecule has 2 N–H and O–H groups in total. The van der Waals surface area contributed by atoms with Gasteiger partial charge in [0, 0.05) is 17.6 Å². The highest BCUT2D eigenvalue weighted by Crippen LogP contribution is 2.30. The smallest absolute Gasteiger partial charge is 0.120 e. The largest absolute Gasteiger partial charge is 0.508 e. The second-order valence-electron chi connectivity index (χ2n) is 5.78. The van der Waals surface area contributed by atoms with Crippen LogP contribution in [-0.2, 0) is 0 Å². The Labute approximate surface area is 110 Å². The van der Waals surface area contributed by atoms with Gasteiger partial charge >= 0.3 is 0 Å². The number of aryl methyl sites for hydroxylation is 1. The summed E-state index contributed by atoms with van der Waals surface area (Å²) in [4.78, 5) is 0. The number of phenolic OH excluding ortho intramolecular Hbond substituents is 1. The van der Waals surface area contributed by atoms with E-state index in [-0.39, 0.29) is 6.04 Å². The molecule has 18 heavy (non-hydrogen) atoms. The van der Waals surface area contributed by atoms with E-state index < -0.39 is 0 Å². The normalized spacial score (nSPS) is 19.9. The molecule has 1 aromatic rings. The Bertz CT molecular complexity index is 396. The van der Waals surface area contributed by atoms with Crippen molar-refractivity contribution in [2.75, 3.05) is 0 Å². The van der Waals surface area contributed by atoms with Gasteiger partial charge in [0.25, 0.3) is 0 Å². The van der Waals surface area contributed by atoms with Crippen LogP contribution in [0.25, 0.3) is 0 Å². The lowest BCUT2D eigenvalue weighted by atomic mass is 9.97. The van der Waals surface area contributed by atoms with Gasteiger partial charge in [-0.3, -0.25) is 0 Å². The maximum atomic E-state index is 10.00. The summed E-state index contributed by atoms with van der Waals surface area (Å²) in [7, 11) is 0. The molecule has 2 rings (SSSR count). The fourth-order valence-electron chi connectivity index (χ4n) is 3.10. The Morgan fingerprint density at radius 2 is 1.89 bits per heavy atom. The molecule has 0 aromatic heterocycles. The molecule has 0 heterocycles. The van der Waals surface area contributed by atoms with Gasteiger partial charge in [0.15, 0.2) is 0 Å². The average molecular weight is 247 g/mol. The molecule has 100 valence electrons. The van der Waals surface area contributed by atoms with Gasteiger partial charge in [0.2, 0.25) is 0 Å². The van der Waals surface area contributed by atoms with E-state index in [9.17, 15) is 5.11 Å². The van der Waals surface area contributed by atoms with Crippen molar-refractivity contribution in [1.29, 1.82) is 0 Å². The summed E-state index contributed by atoms with van der Waals surface area (Å²) in [5.74, 6) is 1.22. The van der Waals surface area contributed by atoms with Crippen LogP contribution < -0.4 is 5.32 Å². The predicted octanol–water partition coefficient (Wildman–Crippen LogP) is 3.93. The third-order valence-corrected chi connectivity index (χ3v) is 4.27. The molecule has 1 saturated carbocycles. The first-order chi connectivity index (χ1) is 8.58. The molecule has 0 bridgehead atoms. The van der Waals surface area contributed by atoms with Gasteiger partial charge in [-0.15, -0.1) is 0 Å². The van der Waals surface area contributed by atoms with E-state index in [1.54, 1.807) is 0 Å². The number of aromatic hydroxyl groups is 1. The van der Waals surface area contributed by atoms with Crippen LogP contribution in [0.2, 0.25) is 0 Å². The highest BCUT2D eigenvalue weighted by molar-refractivity contribution is 5.37. The molecular formula is C16H25NO. The number of benzene rings is 1. The molecule has 2 nitrogen and oxygen atoms in total. The van der Waals surface area contributed by atoms with Crippen LogP contribution in [-0.4, -0.2) is 11.1 Å². The second-order valence-corrected chi connectivity index (χ2v) is 5.78. The van der Waals surface area contributed by atoms with Crippen LogP contribution in [0.3, 0.4) is 0 Å². The molecule has 1 aliphatic carbocycles. The second kappa shape index (κ2) is 5.75. The van der Waals surface area contributed by atoms with Crippen LogP contribution in [0.5, 0.6) is 5.75 Å². The molecule has 1 fully saturated rings. The quantitative estimate of drug-likeness (QED) is 0.845. The van der Waals surface area contributed by atoms with Crippen molar-refractivity contribution in [2.45, 2.75) is 58.5 Å². The van der Waals surface area contributed by atoms with E-state index in [0.29, 0.717) is 11.8 Å². The van der Waals surface area contributed by atoms with Crippen molar-refractivity contribution < 1.29 is 5.11 Å². The van der Waals surface area contributed by atoms with Gasteiger partial charge in [0.05, 0.1) is 0 Å². The Kier molecular flexibility index (Phi) is 4.28. The van der Waals surface area contributed by atoms with Crippen molar-refractivity contribution >= 4 is 0 Å². The first-order valence-electron chi connectivity index (χ1n) is 7.13. The molecule has 0 aliphatic heterocycles. The van der Waals surface area contributed by atoms with Gasteiger partial charge < -0.3 is 10.4 Å². The number of hydrogen-bond acceptors (Lipinski definition) is 2. The molecule has 2 atom stereocenters. The minimum atomic E-state index is 0.209. The van der Waals surface area contributed by atoms with Crippen LogP contribution in [0.15, 0.2) is 18.2 Å². The molecule has 1 aromatic carbocycles. The fraction of sp³-hybridized carbons (Fsp3) is 0.625. The molecule has 0 spiro atoms. The lowest BCUT2D eigenvalue weighted by Gasteiger charge is -2.25. The van der Waals surface area contributed by atoms with Gasteiger partial charge in [-0.1, -0.05) is 25.0 Å². The summed E-state index contributed by atoms with van der Waals surface area (Å²) >= 11 is 0. The molecule has 2 heteroatoms. The van der Waals surface area contributed by atoms with E-state index in [2.05, 4.69) is 25.2 Å². The molecule has 1 aliphatic rings. The monoisotopic (exact) mass is 247 g/mol. The standard InChI is InChI=1S/C16H25NO/c1-11-8-9-15(16(18)10-11)13(3)17-12(2)14-6-4-5-7-14/h8-10,12-14,17-18H,4-7H2,1-3H3/t12-,13?/m0/s1. The van der Waals surface area contributed by atoms with Crippen molar-refractivity contribution in [2.24, 2.45) is 5.92 Å². The summed E-state index contributed by atoms with van der Waals surface area (Å²) in [6.07, 6.45) is 5.45. The van der Waals surface area contributed by atoms with E-state index in [4.69, 9.17) is 0 Å². The Morgan fingerprint density at radius 3 is 2.50 bits per heavy atom. The summed E-state index contributed by atoms with van der Waals surface area (Å²) < 4.78 is 0. The predicted molar refractivity (Wildman–Crippen MR) is 75.8 cm³/mol. The minimum absolute atomic E-state index is 0.209. The Balaban J connectivity index is 2.00. The van der Waals surface area contributed by atoms with Gasteiger partial charge in [0.1, 0.15) is 5.75 Å². The molecule has 0 saturated heterocycles. The minimum Gasteiger partial charge on any atom is -0.508 e. The van der Waals surface area contributed by atoms with Crippen molar-refractivity contribution in [3.63, 3.8) is 0 Å². The highest BCUT2D eigenvalue weighted by Gasteiger charge is 2.23. The fourth-order valence-corrected chi connectivity index (χ4v) is 3.10. The topological polar surface area (TPSA) is 32.3 Å². The summed E-state index contributed by atoms with van der Waals surface area (Å²) in [6.45, 7) is 6.41. The summed E-state index contributed by atoms with van der Waals surface area (Å²) in [5.41, 5.74) is 2.11. The number of nitrogens with one attached hydrogen (secondary N) is 1. The SMILES string of the molecule is Cc1ccc(C(C)N[C@@H](C)C2CCCC2)c(O)c1. The Morgan fingerprint density at radius 1 is 1.22 bits per heavy atom. The lowest BCUT2D eigenvalue weighted by Crippen LogP contribution is -2.34. The number of rotatable bonds is 4. The van der Waals surface area contributed by atoms with Crippen molar-refractivity contribution in [3.8, 4) is 5.75 Å². The van der Waals surface area contributed by atoms with Crippen LogP contribution >= 0.6 is 0 Å².